The number of hydrogen-bond acceptors (Lipinski definition) is 9. The Bertz CT molecular complexity index is 1920. The van der Waals surface area contributed by atoms with E-state index < -0.39 is 24.2 Å². The SMILES string of the molecule is COc1c(CN2O[C@@H](CO)[C@H]([C@H](C)O)[C@H]2C(=O)N[C@H]2C[C@H]3C[C@@H]([C@@H]2C)C3(C)C)cccc1-c1cc(CNC(C)=O)cc(C(=O)N[C@@H](Cc2ccccc2)CN(C)C)c1. The number of para-hydroxylation sites is 1. The number of amides is 3. The first-order valence-electron chi connectivity index (χ1n) is 20.7. The summed E-state index contributed by atoms with van der Waals surface area (Å²) in [4.78, 5) is 48.7. The van der Waals surface area contributed by atoms with E-state index in [2.05, 4.69) is 48.9 Å². The van der Waals surface area contributed by atoms with Crippen molar-refractivity contribution < 1.29 is 34.2 Å². The Labute approximate surface area is 343 Å². The molecule has 3 aromatic carbocycles. The Morgan fingerprint density at radius 1 is 1.03 bits per heavy atom. The van der Waals surface area contributed by atoms with E-state index >= 15 is 0 Å². The van der Waals surface area contributed by atoms with Crippen LogP contribution < -0.4 is 20.7 Å². The third-order valence-corrected chi connectivity index (χ3v) is 13.0. The quantitative estimate of drug-likeness (QED) is 0.141. The fourth-order valence-corrected chi connectivity index (χ4v) is 9.91. The van der Waals surface area contributed by atoms with Crippen LogP contribution >= 0.6 is 0 Å². The zero-order valence-electron chi connectivity index (χ0n) is 35.3. The van der Waals surface area contributed by atoms with Crippen LogP contribution in [-0.4, -0.2) is 103 Å². The predicted octanol–water partition coefficient (Wildman–Crippen LogP) is 4.56. The van der Waals surface area contributed by atoms with Gasteiger partial charge in [-0.1, -0.05) is 69.3 Å². The van der Waals surface area contributed by atoms with Crippen molar-refractivity contribution in [3.8, 4) is 16.9 Å². The number of fused-ring (bicyclic) bond motifs is 2. The molecule has 12 heteroatoms. The summed E-state index contributed by atoms with van der Waals surface area (Å²) < 4.78 is 6.09. The topological polar surface area (TPSA) is 153 Å². The molecule has 12 nitrogen and oxygen atoms in total. The van der Waals surface area contributed by atoms with E-state index in [1.165, 1.54) is 13.3 Å². The van der Waals surface area contributed by atoms with E-state index in [0.717, 1.165) is 17.5 Å². The van der Waals surface area contributed by atoms with Gasteiger partial charge in [-0.25, -0.2) is 0 Å². The molecule has 9 atom stereocenters. The molecule has 4 fully saturated rings. The van der Waals surface area contributed by atoms with Gasteiger partial charge in [0.05, 0.1) is 26.4 Å². The summed E-state index contributed by atoms with van der Waals surface area (Å²) in [5.41, 5.74) is 4.68. The van der Waals surface area contributed by atoms with Gasteiger partial charge in [-0.3, -0.25) is 19.2 Å². The normalized spacial score (nSPS) is 26.0. The third-order valence-electron chi connectivity index (χ3n) is 13.0. The van der Waals surface area contributed by atoms with Gasteiger partial charge in [0, 0.05) is 54.7 Å². The molecule has 3 aromatic rings. The zero-order valence-corrected chi connectivity index (χ0v) is 35.3. The van der Waals surface area contributed by atoms with Gasteiger partial charge in [-0.05, 0) is 98.3 Å². The highest BCUT2D eigenvalue weighted by Gasteiger charge is 2.57. The number of hydroxylamine groups is 2. The lowest BCUT2D eigenvalue weighted by molar-refractivity contribution is -0.183. The molecule has 0 spiro atoms. The number of ether oxygens (including phenoxy) is 1. The molecule has 5 N–H and O–H groups in total. The predicted molar refractivity (Wildman–Crippen MR) is 223 cm³/mol. The minimum Gasteiger partial charge on any atom is -0.496 e. The van der Waals surface area contributed by atoms with Crippen LogP contribution in [0.15, 0.2) is 66.7 Å². The van der Waals surface area contributed by atoms with E-state index in [1.54, 1.807) is 25.2 Å². The lowest BCUT2D eigenvalue weighted by Gasteiger charge is -2.62. The molecule has 314 valence electrons. The van der Waals surface area contributed by atoms with Gasteiger partial charge in [-0.15, -0.1) is 0 Å². The average molecular weight is 798 g/mol. The zero-order chi connectivity index (χ0) is 41.9. The summed E-state index contributed by atoms with van der Waals surface area (Å²) in [6, 6.07) is 20.3. The molecule has 3 aliphatic carbocycles. The van der Waals surface area contributed by atoms with Crippen molar-refractivity contribution in [3.05, 3.63) is 89.0 Å². The first-order valence-corrected chi connectivity index (χ1v) is 20.7. The van der Waals surface area contributed by atoms with Crippen LogP contribution in [0.2, 0.25) is 0 Å². The summed E-state index contributed by atoms with van der Waals surface area (Å²) in [5.74, 6) is 0.590. The number of benzene rings is 3. The molecule has 0 aromatic heterocycles. The van der Waals surface area contributed by atoms with Crippen LogP contribution in [0.1, 0.15) is 74.5 Å². The van der Waals surface area contributed by atoms with Crippen molar-refractivity contribution in [2.45, 2.75) is 97.3 Å². The number of aliphatic hydroxyl groups is 2. The number of likely N-dealkylation sites (N-methyl/N-ethyl adjacent to an activating group) is 1. The Kier molecular flexibility index (Phi) is 13.6. The first-order chi connectivity index (χ1) is 27.6. The molecule has 2 bridgehead atoms. The highest BCUT2D eigenvalue weighted by atomic mass is 16.7. The van der Waals surface area contributed by atoms with Crippen LogP contribution in [0.25, 0.3) is 11.1 Å². The Hall–Kier alpha value is -4.33. The third kappa shape index (κ3) is 9.42. The lowest BCUT2D eigenvalue weighted by Crippen LogP contribution is -2.62. The summed E-state index contributed by atoms with van der Waals surface area (Å²) in [7, 11) is 5.53. The van der Waals surface area contributed by atoms with Gasteiger partial charge in [0.15, 0.2) is 0 Å². The van der Waals surface area contributed by atoms with E-state index in [1.807, 2.05) is 67.5 Å². The average Bonchev–Trinajstić information content (AvgIpc) is 3.56. The van der Waals surface area contributed by atoms with Crippen LogP contribution in [0.5, 0.6) is 5.75 Å². The van der Waals surface area contributed by atoms with Gasteiger partial charge in [-0.2, -0.15) is 5.06 Å². The second-order valence-corrected chi connectivity index (χ2v) is 17.7. The first kappa shape index (κ1) is 43.3. The molecular formula is C46H63N5O7. The fourth-order valence-electron chi connectivity index (χ4n) is 9.91. The second-order valence-electron chi connectivity index (χ2n) is 17.7. The standard InChI is InChI=1S/C46H63N5O7/c1-27-38-21-35(46(38,4)5)22-39(27)49-45(56)42-41(28(2)53)40(26-52)58-51(42)24-32-15-12-16-37(43(32)57-8)33-17-31(23-47-29(3)54)18-34(20-33)44(55)48-36(25-50(6)7)19-30-13-10-9-11-14-30/h9-18,20,27-28,35-36,38-42,52-53H,19,21-26H2,1-8H3,(H,47,54)(H,48,55)(H,49,56)/t27-,28-,35+,36-,38-,39-,40-,41-,42-/m0/s1. The van der Waals surface area contributed by atoms with Crippen molar-refractivity contribution in [2.75, 3.05) is 34.4 Å². The number of aliphatic hydroxyl groups excluding tert-OH is 2. The summed E-state index contributed by atoms with van der Waals surface area (Å²) in [5, 5.41) is 32.4. The molecule has 0 unspecified atom stereocenters. The van der Waals surface area contributed by atoms with E-state index in [4.69, 9.17) is 9.57 Å². The van der Waals surface area contributed by atoms with Crippen LogP contribution in [0.4, 0.5) is 0 Å². The second kappa shape index (κ2) is 18.3. The number of rotatable bonds is 16. The van der Waals surface area contributed by atoms with E-state index in [-0.39, 0.29) is 54.9 Å². The van der Waals surface area contributed by atoms with Gasteiger partial charge in [0.25, 0.3) is 5.91 Å². The minimum atomic E-state index is -0.928. The maximum Gasteiger partial charge on any atom is 0.251 e. The van der Waals surface area contributed by atoms with Crippen molar-refractivity contribution in [1.29, 1.82) is 0 Å². The summed E-state index contributed by atoms with van der Waals surface area (Å²) in [6.07, 6.45) is 1.04. The largest absolute Gasteiger partial charge is 0.496 e. The highest BCUT2D eigenvalue weighted by Crippen LogP contribution is 2.61. The van der Waals surface area contributed by atoms with Gasteiger partial charge < -0.3 is 35.8 Å². The maximum absolute atomic E-state index is 14.3. The highest BCUT2D eigenvalue weighted by molar-refractivity contribution is 5.96. The molecule has 4 aliphatic rings. The van der Waals surface area contributed by atoms with Crippen molar-refractivity contribution in [3.63, 3.8) is 0 Å². The number of methoxy groups -OCH3 is 1. The number of carbonyl (C=O) groups excluding carboxylic acids is 3. The molecule has 7 rings (SSSR count). The minimum absolute atomic E-state index is 0.0134. The van der Waals surface area contributed by atoms with Gasteiger partial charge in [0.1, 0.15) is 17.9 Å². The molecule has 1 aliphatic heterocycles. The lowest BCUT2D eigenvalue weighted by atomic mass is 9.45. The summed E-state index contributed by atoms with van der Waals surface area (Å²) in [6.45, 7) is 10.6. The van der Waals surface area contributed by atoms with Crippen LogP contribution in [0, 0.1) is 29.1 Å². The Balaban J connectivity index is 1.30. The maximum atomic E-state index is 14.3. The smallest absolute Gasteiger partial charge is 0.251 e. The Morgan fingerprint density at radius 3 is 2.40 bits per heavy atom. The van der Waals surface area contributed by atoms with Crippen molar-refractivity contribution >= 4 is 17.7 Å². The molecule has 3 saturated carbocycles. The van der Waals surface area contributed by atoms with E-state index in [0.29, 0.717) is 58.7 Å². The van der Waals surface area contributed by atoms with Crippen LogP contribution in [-0.2, 0) is 33.9 Å². The van der Waals surface area contributed by atoms with E-state index in [9.17, 15) is 24.6 Å². The Morgan fingerprint density at radius 2 is 1.78 bits per heavy atom. The molecule has 58 heavy (non-hydrogen) atoms. The fraction of sp³-hybridized carbons (Fsp3) is 0.543. The monoisotopic (exact) mass is 797 g/mol. The number of nitrogens with zero attached hydrogens (tertiary/aromatic N) is 2. The number of hydrogen-bond donors (Lipinski definition) is 5. The van der Waals surface area contributed by atoms with Crippen molar-refractivity contribution in [1.82, 2.24) is 25.9 Å². The molecule has 0 radical (unpaired) electrons. The number of carbonyl (C=O) groups is 3. The summed E-state index contributed by atoms with van der Waals surface area (Å²) >= 11 is 0. The molecule has 3 amide bonds. The number of nitrogens with one attached hydrogen (secondary N) is 3. The molecular weight excluding hydrogens is 735 g/mol. The molecule has 1 saturated heterocycles. The molecule has 1 heterocycles. The van der Waals surface area contributed by atoms with Crippen LogP contribution in [0.3, 0.4) is 0 Å². The van der Waals surface area contributed by atoms with Gasteiger partial charge >= 0.3 is 0 Å². The van der Waals surface area contributed by atoms with Gasteiger partial charge in [0.2, 0.25) is 11.8 Å². The van der Waals surface area contributed by atoms with Crippen molar-refractivity contribution in [2.24, 2.45) is 29.1 Å².